The minimum Gasteiger partial charge on any atom is -0.510 e. The minimum atomic E-state index is -1.07. The summed E-state index contributed by atoms with van der Waals surface area (Å²) in [6.45, 7) is 12.3. The fourth-order valence-corrected chi connectivity index (χ4v) is 7.27. The molecule has 5 aliphatic heterocycles. The second-order valence-corrected chi connectivity index (χ2v) is 12.0. The van der Waals surface area contributed by atoms with Crippen molar-refractivity contribution in [2.24, 2.45) is 32.7 Å². The van der Waals surface area contributed by atoms with E-state index < -0.39 is 17.9 Å². The van der Waals surface area contributed by atoms with Crippen LogP contribution in [0.25, 0.3) is 0 Å². The van der Waals surface area contributed by atoms with Crippen LogP contribution in [0.3, 0.4) is 0 Å². The smallest absolute Gasteiger partial charge is 0.321 e. The fraction of sp³-hybridized carbons (Fsp3) is 0.400. The van der Waals surface area contributed by atoms with E-state index in [1.54, 1.807) is 0 Å². The van der Waals surface area contributed by atoms with Crippen LogP contribution >= 0.6 is 0 Å². The summed E-state index contributed by atoms with van der Waals surface area (Å²) < 4.78 is 5.18. The SMILES string of the molecule is CCC1=C(C)C2=NC1=CC1=C(C)C3=C(O)[C@H](C(=O)OC)C(=C4NC(=CC5=NC(=C2)C(CC)=C5C)[C@@H](C)[C@@H]4CCC(=O)O)C3=N1. The van der Waals surface area contributed by atoms with Crippen LogP contribution < -0.4 is 5.32 Å². The molecular weight excluding hydrogens is 556 g/mol. The third-order valence-electron chi connectivity index (χ3n) is 9.76. The first kappa shape index (κ1) is 29.5. The summed E-state index contributed by atoms with van der Waals surface area (Å²) in [6, 6.07) is 0. The van der Waals surface area contributed by atoms with E-state index in [2.05, 4.69) is 46.0 Å². The molecule has 0 aromatic carbocycles. The average Bonchev–Trinajstić information content (AvgIpc) is 3.72. The molecular formula is C35H38N4O5. The van der Waals surface area contributed by atoms with Gasteiger partial charge in [0, 0.05) is 40.8 Å². The lowest BCUT2D eigenvalue weighted by Gasteiger charge is -2.20. The molecule has 0 aromatic rings. The van der Waals surface area contributed by atoms with Crippen LogP contribution in [0.1, 0.15) is 67.2 Å². The van der Waals surface area contributed by atoms with Crippen molar-refractivity contribution in [2.75, 3.05) is 7.11 Å². The van der Waals surface area contributed by atoms with E-state index >= 15 is 0 Å². The molecule has 1 fully saturated rings. The summed E-state index contributed by atoms with van der Waals surface area (Å²) in [5.41, 5.74) is 12.4. The maximum absolute atomic E-state index is 13.2. The second kappa shape index (κ2) is 10.9. The van der Waals surface area contributed by atoms with E-state index in [0.717, 1.165) is 69.2 Å². The highest BCUT2D eigenvalue weighted by molar-refractivity contribution is 6.24. The molecule has 3 atom stereocenters. The molecule has 6 rings (SSSR count). The molecule has 44 heavy (non-hydrogen) atoms. The Hall–Kier alpha value is -4.53. The van der Waals surface area contributed by atoms with Crippen molar-refractivity contribution in [3.05, 3.63) is 91.5 Å². The molecule has 5 heterocycles. The van der Waals surface area contributed by atoms with Gasteiger partial charge in [-0.25, -0.2) is 15.0 Å². The number of carbonyl (C=O) groups is 2. The van der Waals surface area contributed by atoms with Crippen LogP contribution in [0.4, 0.5) is 0 Å². The molecule has 1 saturated heterocycles. The largest absolute Gasteiger partial charge is 0.510 e. The summed E-state index contributed by atoms with van der Waals surface area (Å²) in [5.74, 6) is -3.05. The first-order chi connectivity index (χ1) is 21.0. The Morgan fingerprint density at radius 2 is 1.55 bits per heavy atom. The monoisotopic (exact) mass is 594 g/mol. The Kier molecular flexibility index (Phi) is 7.30. The van der Waals surface area contributed by atoms with Crippen molar-refractivity contribution in [3.63, 3.8) is 0 Å². The van der Waals surface area contributed by atoms with Crippen molar-refractivity contribution < 1.29 is 24.5 Å². The number of nitrogens with zero attached hydrogens (tertiary/aromatic N) is 3. The van der Waals surface area contributed by atoms with E-state index in [1.165, 1.54) is 7.11 Å². The molecule has 0 unspecified atom stereocenters. The van der Waals surface area contributed by atoms with E-state index in [-0.39, 0.29) is 24.0 Å². The summed E-state index contributed by atoms with van der Waals surface area (Å²) in [5, 5.41) is 24.8. The number of nitrogens with one attached hydrogen (secondary N) is 1. The standard InChI is InChI=1S/C35H38N4O5/c1-8-19-15(3)22-12-24-17(5)21(10-11-28(40)41)32(38-24)30-31(35(43)44-7)34(42)29-18(6)25(39-33(29)30)14-27-20(9-2)16(4)23(37-27)13-26(19)36-22/h12-14,17,21,31,38,42H,8-11H2,1-7H3,(H,40,41)/t17-,21-,31+/m0/s1. The third kappa shape index (κ3) is 4.40. The predicted molar refractivity (Wildman–Crippen MR) is 170 cm³/mol. The van der Waals surface area contributed by atoms with Crippen LogP contribution in [-0.4, -0.2) is 46.4 Å². The number of rotatable bonds is 6. The van der Waals surface area contributed by atoms with Crippen LogP contribution in [0.5, 0.6) is 0 Å². The quantitative estimate of drug-likeness (QED) is 0.308. The molecule has 228 valence electrons. The highest BCUT2D eigenvalue weighted by Crippen LogP contribution is 2.49. The van der Waals surface area contributed by atoms with Crippen LogP contribution in [0.15, 0.2) is 106 Å². The Morgan fingerprint density at radius 3 is 2.14 bits per heavy atom. The lowest BCUT2D eigenvalue weighted by molar-refractivity contribution is -0.143. The zero-order valence-corrected chi connectivity index (χ0v) is 26.3. The van der Waals surface area contributed by atoms with Crippen molar-refractivity contribution in [3.8, 4) is 0 Å². The number of aliphatic hydroxyl groups excluding tert-OH is 1. The van der Waals surface area contributed by atoms with Crippen LogP contribution in [-0.2, 0) is 14.3 Å². The zero-order valence-electron chi connectivity index (χ0n) is 26.3. The number of esters is 1. The number of aliphatic imine (C=N–C) groups is 3. The number of fused-ring (bicyclic) bond motifs is 5. The zero-order chi connectivity index (χ0) is 31.6. The molecule has 9 heteroatoms. The van der Waals surface area contributed by atoms with Gasteiger partial charge in [0.05, 0.1) is 41.3 Å². The van der Waals surface area contributed by atoms with Crippen molar-refractivity contribution in [1.82, 2.24) is 5.32 Å². The first-order valence-electron chi connectivity index (χ1n) is 15.3. The molecule has 0 radical (unpaired) electrons. The number of ether oxygens (including phenoxy) is 1. The lowest BCUT2D eigenvalue weighted by Crippen LogP contribution is -2.25. The Labute approximate surface area is 257 Å². The van der Waals surface area contributed by atoms with Crippen LogP contribution in [0.2, 0.25) is 0 Å². The van der Waals surface area contributed by atoms with Gasteiger partial charge in [-0.2, -0.15) is 0 Å². The van der Waals surface area contributed by atoms with Gasteiger partial charge in [-0.3, -0.25) is 9.59 Å². The number of hydrogen-bond donors (Lipinski definition) is 3. The molecule has 8 bridgehead atoms. The van der Waals surface area contributed by atoms with Gasteiger partial charge < -0.3 is 20.3 Å². The number of hydrogen-bond acceptors (Lipinski definition) is 8. The van der Waals surface area contributed by atoms with E-state index in [4.69, 9.17) is 19.7 Å². The number of carbonyl (C=O) groups excluding carboxylic acids is 1. The summed E-state index contributed by atoms with van der Waals surface area (Å²) in [7, 11) is 1.30. The van der Waals surface area contributed by atoms with Gasteiger partial charge in [-0.05, 0) is 86.1 Å². The Bertz CT molecular complexity index is 1780. The number of aliphatic carboxylic acids is 1. The maximum atomic E-state index is 13.2. The van der Waals surface area contributed by atoms with Gasteiger partial charge in [0.15, 0.2) is 0 Å². The molecule has 3 N–H and O–H groups in total. The Balaban J connectivity index is 1.67. The van der Waals surface area contributed by atoms with Crippen molar-refractivity contribution in [1.29, 1.82) is 0 Å². The number of carboxylic acid groups (broad SMARTS) is 1. The fourth-order valence-electron chi connectivity index (χ4n) is 7.27. The van der Waals surface area contributed by atoms with Gasteiger partial charge in [-0.1, -0.05) is 20.8 Å². The first-order valence-corrected chi connectivity index (χ1v) is 15.3. The van der Waals surface area contributed by atoms with Crippen LogP contribution in [0, 0.1) is 17.8 Å². The number of aliphatic hydroxyl groups is 1. The molecule has 0 spiro atoms. The number of carboxylic acids is 1. The Morgan fingerprint density at radius 1 is 0.932 bits per heavy atom. The highest BCUT2D eigenvalue weighted by Gasteiger charge is 2.49. The predicted octanol–water partition coefficient (Wildman–Crippen LogP) is 6.33. The number of allylic oxidation sites excluding steroid dienone is 11. The third-order valence-corrected chi connectivity index (χ3v) is 9.76. The molecule has 0 saturated carbocycles. The number of methoxy groups -OCH3 is 1. The topological polar surface area (TPSA) is 133 Å². The second-order valence-electron chi connectivity index (χ2n) is 12.0. The van der Waals surface area contributed by atoms with E-state index in [0.29, 0.717) is 34.7 Å². The molecule has 0 aromatic heterocycles. The summed E-state index contributed by atoms with van der Waals surface area (Å²) in [4.78, 5) is 40.1. The van der Waals surface area contributed by atoms with Gasteiger partial charge in [0.2, 0.25) is 0 Å². The minimum absolute atomic E-state index is 0.0463. The molecule has 1 aliphatic carbocycles. The maximum Gasteiger partial charge on any atom is 0.321 e. The highest BCUT2D eigenvalue weighted by atomic mass is 16.5. The van der Waals surface area contributed by atoms with Gasteiger partial charge in [0.1, 0.15) is 11.7 Å². The molecule has 6 aliphatic rings. The molecule has 9 nitrogen and oxygen atoms in total. The van der Waals surface area contributed by atoms with E-state index in [1.807, 2.05) is 19.1 Å². The van der Waals surface area contributed by atoms with E-state index in [9.17, 15) is 19.8 Å². The van der Waals surface area contributed by atoms with Gasteiger partial charge in [-0.15, -0.1) is 0 Å². The average molecular weight is 595 g/mol. The normalized spacial score (nSPS) is 25.8. The van der Waals surface area contributed by atoms with Gasteiger partial charge in [0.25, 0.3) is 0 Å². The van der Waals surface area contributed by atoms with Gasteiger partial charge >= 0.3 is 11.9 Å². The lowest BCUT2D eigenvalue weighted by atomic mass is 9.84. The molecule has 0 amide bonds. The summed E-state index contributed by atoms with van der Waals surface area (Å²) >= 11 is 0. The van der Waals surface area contributed by atoms with Crippen molar-refractivity contribution >= 4 is 29.1 Å². The van der Waals surface area contributed by atoms with Crippen molar-refractivity contribution in [2.45, 2.75) is 67.2 Å². The summed E-state index contributed by atoms with van der Waals surface area (Å²) in [6.07, 6.45) is 7.95.